The van der Waals surface area contributed by atoms with Crippen molar-refractivity contribution in [3.63, 3.8) is 0 Å². The molecular formula is C13H15F3N2O2. The van der Waals surface area contributed by atoms with Crippen LogP contribution in [-0.2, 0) is 11.3 Å². The minimum absolute atomic E-state index is 0.0260. The number of nitrogen functional groups attached to an aromatic ring is 1. The zero-order chi connectivity index (χ0) is 14.8. The molecule has 0 radical (unpaired) electrons. The van der Waals surface area contributed by atoms with Crippen molar-refractivity contribution in [2.45, 2.75) is 19.1 Å². The lowest BCUT2D eigenvalue weighted by Crippen LogP contribution is -2.26. The number of rotatable bonds is 5. The summed E-state index contributed by atoms with van der Waals surface area (Å²) >= 11 is 0. The van der Waals surface area contributed by atoms with Gasteiger partial charge in [-0.3, -0.25) is 4.79 Å². The summed E-state index contributed by atoms with van der Waals surface area (Å²) < 4.78 is 40.1. The van der Waals surface area contributed by atoms with Crippen LogP contribution >= 0.6 is 0 Å². The van der Waals surface area contributed by atoms with Gasteiger partial charge in [0.05, 0.1) is 0 Å². The molecule has 1 aromatic rings. The van der Waals surface area contributed by atoms with E-state index in [0.29, 0.717) is 30.8 Å². The lowest BCUT2D eigenvalue weighted by Gasteiger charge is -2.15. The first-order chi connectivity index (χ1) is 9.37. The van der Waals surface area contributed by atoms with Gasteiger partial charge in [0.2, 0.25) is 0 Å². The van der Waals surface area contributed by atoms with Crippen molar-refractivity contribution in [1.82, 2.24) is 4.90 Å². The van der Waals surface area contributed by atoms with E-state index in [2.05, 4.69) is 4.74 Å². The molecule has 0 saturated heterocycles. The topological polar surface area (TPSA) is 55.6 Å². The van der Waals surface area contributed by atoms with Gasteiger partial charge in [-0.25, -0.2) is 0 Å². The van der Waals surface area contributed by atoms with Crippen molar-refractivity contribution < 1.29 is 22.7 Å². The number of benzene rings is 1. The molecule has 2 rings (SSSR count). The van der Waals surface area contributed by atoms with Gasteiger partial charge in [0.1, 0.15) is 6.61 Å². The van der Waals surface area contributed by atoms with E-state index in [1.54, 1.807) is 23.1 Å². The van der Waals surface area contributed by atoms with Gasteiger partial charge in [0.15, 0.2) is 0 Å². The number of nitrogens with zero attached hydrogens (tertiary/aromatic N) is 1. The zero-order valence-electron chi connectivity index (χ0n) is 10.7. The minimum atomic E-state index is -4.31. The lowest BCUT2D eigenvalue weighted by atomic mass is 10.1. The molecule has 4 nitrogen and oxygen atoms in total. The van der Waals surface area contributed by atoms with Crippen molar-refractivity contribution >= 4 is 11.6 Å². The molecule has 0 fully saturated rings. The zero-order valence-corrected chi connectivity index (χ0v) is 10.7. The molecule has 1 aliphatic rings. The summed E-state index contributed by atoms with van der Waals surface area (Å²) in [6.45, 7) is -0.446. The minimum Gasteiger partial charge on any atom is -0.399 e. The number of hydrogen-bond donors (Lipinski definition) is 1. The first-order valence-corrected chi connectivity index (χ1v) is 6.19. The van der Waals surface area contributed by atoms with Crippen LogP contribution in [0.1, 0.15) is 22.3 Å². The molecule has 0 saturated carbocycles. The second-order valence-corrected chi connectivity index (χ2v) is 4.66. The third-order valence-corrected chi connectivity index (χ3v) is 3.00. The fourth-order valence-corrected chi connectivity index (χ4v) is 2.10. The molecule has 0 bridgehead atoms. The maximum atomic E-state index is 12.0. The molecule has 110 valence electrons. The molecule has 1 aliphatic heterocycles. The Labute approximate surface area is 114 Å². The number of carbonyl (C=O) groups excluding carboxylic acids is 1. The number of halogens is 3. The largest absolute Gasteiger partial charge is 0.411 e. The first-order valence-electron chi connectivity index (χ1n) is 6.19. The Hall–Kier alpha value is -1.76. The number of fused-ring (bicyclic) bond motifs is 1. The standard InChI is InChI=1S/C13H15F3N2O2/c14-13(15,16)8-20-5-1-4-18-7-9-2-3-10(17)6-11(9)12(18)19/h2-3,6H,1,4-5,7-8,17H2. The molecule has 0 aromatic heterocycles. The van der Waals surface area contributed by atoms with Crippen LogP contribution in [0.25, 0.3) is 0 Å². The number of hydrogen-bond acceptors (Lipinski definition) is 3. The highest BCUT2D eigenvalue weighted by Crippen LogP contribution is 2.24. The molecule has 0 unspecified atom stereocenters. The number of carbonyl (C=O) groups is 1. The number of anilines is 1. The Bertz CT molecular complexity index is 503. The third kappa shape index (κ3) is 3.63. The van der Waals surface area contributed by atoms with Gasteiger partial charge in [0, 0.05) is 30.9 Å². The molecule has 1 aromatic carbocycles. The predicted octanol–water partition coefficient (Wildman–Crippen LogP) is 2.19. The maximum absolute atomic E-state index is 12.0. The molecule has 20 heavy (non-hydrogen) atoms. The maximum Gasteiger partial charge on any atom is 0.411 e. The van der Waals surface area contributed by atoms with Crippen LogP contribution in [0.4, 0.5) is 18.9 Å². The van der Waals surface area contributed by atoms with E-state index in [9.17, 15) is 18.0 Å². The molecule has 0 atom stereocenters. The Balaban J connectivity index is 1.78. The average Bonchev–Trinajstić information content (AvgIpc) is 2.65. The normalized spacial score (nSPS) is 14.8. The molecule has 1 heterocycles. The van der Waals surface area contributed by atoms with E-state index in [1.165, 1.54) is 0 Å². The molecular weight excluding hydrogens is 273 g/mol. The second-order valence-electron chi connectivity index (χ2n) is 4.66. The van der Waals surface area contributed by atoms with Crippen LogP contribution in [0, 0.1) is 0 Å². The number of amides is 1. The van der Waals surface area contributed by atoms with Crippen LogP contribution in [-0.4, -0.2) is 36.7 Å². The summed E-state index contributed by atoms with van der Waals surface area (Å²) in [6.07, 6.45) is -3.94. The predicted molar refractivity (Wildman–Crippen MR) is 67.1 cm³/mol. The molecule has 0 aliphatic carbocycles. The quantitative estimate of drug-likeness (QED) is 0.667. The highest BCUT2D eigenvalue weighted by molar-refractivity contribution is 5.99. The Morgan fingerprint density at radius 2 is 2.10 bits per heavy atom. The summed E-state index contributed by atoms with van der Waals surface area (Å²) in [6, 6.07) is 5.14. The number of alkyl halides is 3. The molecule has 7 heteroatoms. The molecule has 2 N–H and O–H groups in total. The molecule has 1 amide bonds. The fraction of sp³-hybridized carbons (Fsp3) is 0.462. The SMILES string of the molecule is Nc1ccc2c(c1)C(=O)N(CCCOCC(F)(F)F)C2. The van der Waals surface area contributed by atoms with E-state index in [-0.39, 0.29) is 12.5 Å². The monoisotopic (exact) mass is 288 g/mol. The molecule has 0 spiro atoms. The first kappa shape index (κ1) is 14.6. The van der Waals surface area contributed by atoms with Crippen LogP contribution in [0.2, 0.25) is 0 Å². The highest BCUT2D eigenvalue weighted by Gasteiger charge is 2.28. The third-order valence-electron chi connectivity index (χ3n) is 3.00. The fourth-order valence-electron chi connectivity index (χ4n) is 2.10. The lowest BCUT2D eigenvalue weighted by molar-refractivity contribution is -0.174. The average molecular weight is 288 g/mol. The van der Waals surface area contributed by atoms with Crippen LogP contribution in [0.3, 0.4) is 0 Å². The van der Waals surface area contributed by atoms with Gasteiger partial charge in [-0.1, -0.05) is 6.07 Å². The summed E-state index contributed by atoms with van der Waals surface area (Å²) in [5, 5.41) is 0. The van der Waals surface area contributed by atoms with E-state index in [0.717, 1.165) is 5.56 Å². The van der Waals surface area contributed by atoms with Gasteiger partial charge < -0.3 is 15.4 Å². The van der Waals surface area contributed by atoms with Crippen molar-refractivity contribution in [2.24, 2.45) is 0 Å². The second kappa shape index (κ2) is 5.70. The summed E-state index contributed by atoms with van der Waals surface area (Å²) in [4.78, 5) is 13.6. The summed E-state index contributed by atoms with van der Waals surface area (Å²) in [5.41, 5.74) is 7.60. The van der Waals surface area contributed by atoms with Crippen molar-refractivity contribution in [3.05, 3.63) is 29.3 Å². The van der Waals surface area contributed by atoms with Crippen molar-refractivity contribution in [1.29, 1.82) is 0 Å². The van der Waals surface area contributed by atoms with Gasteiger partial charge in [-0.15, -0.1) is 0 Å². The van der Waals surface area contributed by atoms with Gasteiger partial charge >= 0.3 is 6.18 Å². The summed E-state index contributed by atoms with van der Waals surface area (Å²) in [5.74, 6) is -0.136. The highest BCUT2D eigenvalue weighted by atomic mass is 19.4. The Kier molecular flexibility index (Phi) is 4.17. The van der Waals surface area contributed by atoms with Gasteiger partial charge in [-0.2, -0.15) is 13.2 Å². The van der Waals surface area contributed by atoms with Crippen molar-refractivity contribution in [2.75, 3.05) is 25.5 Å². The Morgan fingerprint density at radius 1 is 1.35 bits per heavy atom. The van der Waals surface area contributed by atoms with E-state index < -0.39 is 12.8 Å². The van der Waals surface area contributed by atoms with Crippen LogP contribution < -0.4 is 5.73 Å². The van der Waals surface area contributed by atoms with Crippen molar-refractivity contribution in [3.8, 4) is 0 Å². The van der Waals surface area contributed by atoms with Crippen LogP contribution in [0.15, 0.2) is 18.2 Å². The van der Waals surface area contributed by atoms with E-state index in [4.69, 9.17) is 5.73 Å². The van der Waals surface area contributed by atoms with Gasteiger partial charge in [-0.05, 0) is 24.1 Å². The van der Waals surface area contributed by atoms with Gasteiger partial charge in [0.25, 0.3) is 5.91 Å². The summed E-state index contributed by atoms with van der Waals surface area (Å²) in [7, 11) is 0. The Morgan fingerprint density at radius 3 is 2.80 bits per heavy atom. The number of ether oxygens (including phenoxy) is 1. The smallest absolute Gasteiger partial charge is 0.399 e. The van der Waals surface area contributed by atoms with E-state index >= 15 is 0 Å². The van der Waals surface area contributed by atoms with E-state index in [1.807, 2.05) is 0 Å². The van der Waals surface area contributed by atoms with Crippen LogP contribution in [0.5, 0.6) is 0 Å². The number of nitrogens with two attached hydrogens (primary N) is 1.